The highest BCUT2D eigenvalue weighted by molar-refractivity contribution is 6.14. The van der Waals surface area contributed by atoms with Crippen molar-refractivity contribution in [3.8, 4) is 22.3 Å². The van der Waals surface area contributed by atoms with E-state index in [2.05, 4.69) is 4.90 Å². The van der Waals surface area contributed by atoms with Crippen molar-refractivity contribution in [3.05, 3.63) is 151 Å². The zero-order valence-corrected chi connectivity index (χ0v) is 21.4. The highest BCUT2D eigenvalue weighted by atomic mass is 19.1. The molecule has 1 aromatic heterocycles. The van der Waals surface area contributed by atoms with Gasteiger partial charge in [0.25, 0.3) is 0 Å². The van der Waals surface area contributed by atoms with E-state index < -0.39 is 0 Å². The number of anilines is 3. The molecule has 0 aliphatic carbocycles. The molecule has 0 aliphatic rings. The van der Waals surface area contributed by atoms with Crippen LogP contribution < -0.4 is 4.90 Å². The molecule has 7 aromatic rings. The fourth-order valence-corrected chi connectivity index (χ4v) is 5.44. The number of nitrogens with zero attached hydrogens (tertiary/aromatic N) is 1. The van der Waals surface area contributed by atoms with Crippen molar-refractivity contribution in [2.45, 2.75) is 0 Å². The number of hydrogen-bond donors (Lipinski definition) is 0. The van der Waals surface area contributed by atoms with Crippen molar-refractivity contribution in [1.82, 2.24) is 0 Å². The zero-order chi connectivity index (χ0) is 27.1. The van der Waals surface area contributed by atoms with Crippen LogP contribution in [0.15, 0.2) is 144 Å². The van der Waals surface area contributed by atoms with Crippen LogP contribution in [-0.4, -0.2) is 0 Å². The topological polar surface area (TPSA) is 16.4 Å². The van der Waals surface area contributed by atoms with Gasteiger partial charge in [0.15, 0.2) is 0 Å². The van der Waals surface area contributed by atoms with E-state index in [1.54, 1.807) is 24.3 Å². The summed E-state index contributed by atoms with van der Waals surface area (Å²) < 4.78 is 35.9. The minimum Gasteiger partial charge on any atom is -0.456 e. The van der Waals surface area contributed by atoms with Gasteiger partial charge in [-0.25, -0.2) is 8.78 Å². The van der Waals surface area contributed by atoms with Crippen LogP contribution >= 0.6 is 0 Å². The van der Waals surface area contributed by atoms with E-state index in [0.29, 0.717) is 11.1 Å². The lowest BCUT2D eigenvalue weighted by Crippen LogP contribution is -2.13. The lowest BCUT2D eigenvalue weighted by Gasteiger charge is -2.30. The van der Waals surface area contributed by atoms with Crippen molar-refractivity contribution >= 4 is 39.0 Å². The number of para-hydroxylation sites is 1. The first-order valence-electron chi connectivity index (χ1n) is 13.1. The van der Waals surface area contributed by atoms with Gasteiger partial charge < -0.3 is 9.32 Å². The third-order valence-electron chi connectivity index (χ3n) is 7.19. The molecule has 0 saturated carbocycles. The van der Waals surface area contributed by atoms with Crippen LogP contribution in [0.3, 0.4) is 0 Å². The van der Waals surface area contributed by atoms with E-state index in [4.69, 9.17) is 4.42 Å². The molecule has 0 atom stereocenters. The summed E-state index contributed by atoms with van der Waals surface area (Å²) in [5.74, 6) is -0.672. The molecule has 7 rings (SSSR count). The summed E-state index contributed by atoms with van der Waals surface area (Å²) in [6, 6.07) is 42.9. The Balaban J connectivity index is 1.60. The predicted octanol–water partition coefficient (Wildman–Crippen LogP) is 10.7. The maximum atomic E-state index is 14.8. The zero-order valence-electron chi connectivity index (χ0n) is 21.4. The minimum atomic E-state index is -0.336. The Morgan fingerprint density at radius 3 is 1.57 bits per heavy atom. The third-order valence-corrected chi connectivity index (χ3v) is 7.19. The van der Waals surface area contributed by atoms with Gasteiger partial charge >= 0.3 is 0 Å². The summed E-state index contributed by atoms with van der Waals surface area (Å²) in [7, 11) is 0. The molecule has 0 amide bonds. The van der Waals surface area contributed by atoms with E-state index >= 15 is 0 Å². The third kappa shape index (κ3) is 4.11. The summed E-state index contributed by atoms with van der Waals surface area (Å²) in [6.07, 6.45) is 0. The fourth-order valence-electron chi connectivity index (χ4n) is 5.44. The van der Waals surface area contributed by atoms with E-state index in [9.17, 15) is 8.78 Å². The largest absolute Gasteiger partial charge is 0.456 e. The highest BCUT2D eigenvalue weighted by Crippen LogP contribution is 2.48. The number of halogens is 2. The average molecular weight is 524 g/mol. The predicted molar refractivity (Wildman–Crippen MR) is 159 cm³/mol. The lowest BCUT2D eigenvalue weighted by molar-refractivity contribution is 0.628. The normalized spacial score (nSPS) is 11.2. The SMILES string of the molecule is Fc1ccc(N(c2ccc(F)cc2-c2ccccc2)c2cccc3oc4ccccc4c23)c(-c2ccccc2)c1. The van der Waals surface area contributed by atoms with Gasteiger partial charge in [-0.1, -0.05) is 84.9 Å². The summed E-state index contributed by atoms with van der Waals surface area (Å²) >= 11 is 0. The molecule has 0 N–H and O–H groups in total. The number of rotatable bonds is 5. The summed E-state index contributed by atoms with van der Waals surface area (Å²) in [4.78, 5) is 2.09. The molecule has 0 saturated heterocycles. The quantitative estimate of drug-likeness (QED) is 0.223. The first kappa shape index (κ1) is 23.9. The molecule has 2 nitrogen and oxygen atoms in total. The Kier molecular flexibility index (Phi) is 5.86. The maximum Gasteiger partial charge on any atom is 0.137 e. The first-order valence-corrected chi connectivity index (χ1v) is 13.1. The highest BCUT2D eigenvalue weighted by Gasteiger charge is 2.24. The monoisotopic (exact) mass is 523 g/mol. The van der Waals surface area contributed by atoms with E-state index in [1.165, 1.54) is 12.1 Å². The van der Waals surface area contributed by atoms with Crippen LogP contribution in [0.25, 0.3) is 44.2 Å². The van der Waals surface area contributed by atoms with Gasteiger partial charge in [-0.2, -0.15) is 0 Å². The number of fused-ring (bicyclic) bond motifs is 3. The molecular formula is C36H23F2NO. The second-order valence-corrected chi connectivity index (χ2v) is 9.64. The molecule has 0 bridgehead atoms. The molecule has 40 heavy (non-hydrogen) atoms. The molecule has 0 aliphatic heterocycles. The molecule has 0 radical (unpaired) electrons. The van der Waals surface area contributed by atoms with Crippen molar-refractivity contribution in [2.24, 2.45) is 0 Å². The van der Waals surface area contributed by atoms with E-state index in [1.807, 2.05) is 103 Å². The van der Waals surface area contributed by atoms with Gasteiger partial charge in [0.1, 0.15) is 22.8 Å². The van der Waals surface area contributed by atoms with Crippen molar-refractivity contribution in [3.63, 3.8) is 0 Å². The van der Waals surface area contributed by atoms with Crippen molar-refractivity contribution in [1.29, 1.82) is 0 Å². The molecule has 0 fully saturated rings. The fraction of sp³-hybridized carbons (Fsp3) is 0. The van der Waals surface area contributed by atoms with Crippen molar-refractivity contribution < 1.29 is 13.2 Å². The Labute approximate surface area is 230 Å². The number of furan rings is 1. The Bertz CT molecular complexity index is 1890. The molecule has 0 spiro atoms. The maximum absolute atomic E-state index is 14.8. The Morgan fingerprint density at radius 2 is 0.975 bits per heavy atom. The second kappa shape index (κ2) is 9.83. The van der Waals surface area contributed by atoms with Crippen LogP contribution in [-0.2, 0) is 0 Å². The van der Waals surface area contributed by atoms with Gasteiger partial charge in [-0.3, -0.25) is 0 Å². The lowest BCUT2D eigenvalue weighted by atomic mass is 9.98. The number of hydrogen-bond acceptors (Lipinski definition) is 2. The first-order chi connectivity index (χ1) is 19.7. The molecule has 0 unspecified atom stereocenters. The minimum absolute atomic E-state index is 0.336. The van der Waals surface area contributed by atoms with Crippen LogP contribution in [0.4, 0.5) is 25.8 Å². The van der Waals surface area contributed by atoms with Gasteiger partial charge in [-0.15, -0.1) is 0 Å². The Morgan fingerprint density at radius 1 is 0.450 bits per heavy atom. The summed E-state index contributed by atoms with van der Waals surface area (Å²) in [6.45, 7) is 0. The van der Waals surface area contributed by atoms with E-state index in [0.717, 1.165) is 50.1 Å². The Hall–Kier alpha value is -5.22. The van der Waals surface area contributed by atoms with E-state index in [-0.39, 0.29) is 11.6 Å². The van der Waals surface area contributed by atoms with Gasteiger partial charge in [0.05, 0.1) is 22.4 Å². The number of benzene rings is 6. The molecule has 4 heteroatoms. The van der Waals surface area contributed by atoms with Crippen molar-refractivity contribution in [2.75, 3.05) is 4.90 Å². The van der Waals surface area contributed by atoms with Crippen LogP contribution in [0, 0.1) is 11.6 Å². The molecule has 192 valence electrons. The van der Waals surface area contributed by atoms with Crippen LogP contribution in [0.5, 0.6) is 0 Å². The van der Waals surface area contributed by atoms with Crippen LogP contribution in [0.1, 0.15) is 0 Å². The molecular weight excluding hydrogens is 500 g/mol. The smallest absolute Gasteiger partial charge is 0.137 e. The summed E-state index contributed by atoms with van der Waals surface area (Å²) in [5, 5.41) is 1.88. The average Bonchev–Trinajstić information content (AvgIpc) is 3.39. The van der Waals surface area contributed by atoms with Gasteiger partial charge in [0.2, 0.25) is 0 Å². The van der Waals surface area contributed by atoms with Crippen LogP contribution in [0.2, 0.25) is 0 Å². The molecule has 6 aromatic carbocycles. The summed E-state index contributed by atoms with van der Waals surface area (Å²) in [5.41, 5.74) is 7.04. The standard InChI is InChI=1S/C36H23F2NO/c37-26-18-20-31(29(22-26)24-10-3-1-4-11-24)39(32-21-19-27(38)23-30(32)25-12-5-2-6-13-25)33-15-9-17-35-36(33)28-14-7-8-16-34(28)40-35/h1-23H. The molecule has 1 heterocycles. The van der Waals surface area contributed by atoms with Gasteiger partial charge in [-0.05, 0) is 65.7 Å². The van der Waals surface area contributed by atoms with Gasteiger partial charge in [0, 0.05) is 16.5 Å². The second-order valence-electron chi connectivity index (χ2n) is 9.64.